The summed E-state index contributed by atoms with van der Waals surface area (Å²) in [5, 5.41) is 47.2. The molecule has 4 saturated carbocycles. The summed E-state index contributed by atoms with van der Waals surface area (Å²) in [6.07, 6.45) is 4.56. The van der Waals surface area contributed by atoms with Crippen LogP contribution in [0.4, 0.5) is 0 Å². The lowest BCUT2D eigenvalue weighted by Gasteiger charge is -2.68. The van der Waals surface area contributed by atoms with Crippen LogP contribution < -0.4 is 0 Å². The molecule has 6 fully saturated rings. The van der Waals surface area contributed by atoms with E-state index in [9.17, 15) is 25.2 Å². The highest BCUT2D eigenvalue weighted by Crippen LogP contribution is 2.77. The van der Waals surface area contributed by atoms with Crippen LogP contribution in [0.15, 0.2) is 12.2 Å². The number of ketones is 1. The Labute approximate surface area is 217 Å². The molecule has 0 aromatic rings. The Bertz CT molecular complexity index is 1080. The van der Waals surface area contributed by atoms with E-state index in [1.807, 2.05) is 27.7 Å². The fourth-order valence-electron chi connectivity index (χ4n) is 10.7. The second-order valence-corrected chi connectivity index (χ2v) is 14.7. The number of halogens is 1. The highest BCUT2D eigenvalue weighted by atomic mass is 35.5. The monoisotopic (exact) mass is 522 g/mol. The molecule has 2 saturated heterocycles. The maximum atomic E-state index is 13.4. The quantitative estimate of drug-likeness (QED) is 0.308. The number of hydrogen-bond acceptors (Lipinski definition) is 7. The van der Waals surface area contributed by atoms with E-state index in [4.69, 9.17) is 21.1 Å². The van der Waals surface area contributed by atoms with E-state index in [0.29, 0.717) is 44.9 Å². The van der Waals surface area contributed by atoms with Gasteiger partial charge in [-0.15, -0.1) is 11.6 Å². The van der Waals surface area contributed by atoms with Gasteiger partial charge in [0.05, 0.1) is 33.7 Å². The second kappa shape index (κ2) is 6.60. The predicted octanol–water partition coefficient (Wildman–Crippen LogP) is 2.45. The molecule has 7 aliphatic rings. The molecule has 2 bridgehead atoms. The fourth-order valence-corrected chi connectivity index (χ4v) is 11.2. The van der Waals surface area contributed by atoms with Crippen molar-refractivity contribution in [2.75, 3.05) is 0 Å². The van der Waals surface area contributed by atoms with Gasteiger partial charge in [-0.3, -0.25) is 4.79 Å². The molecule has 7 nitrogen and oxygen atoms in total. The van der Waals surface area contributed by atoms with Gasteiger partial charge in [-0.25, -0.2) is 0 Å². The number of ether oxygens (including phenoxy) is 2. The number of allylic oxidation sites excluding steroid dienone is 2. The third kappa shape index (κ3) is 2.28. The molecule has 0 aromatic carbocycles. The standard InChI is InChI=1S/C28H39ClO7/c1-22-9-7-15-16(11-20(31)26(29)8-5-6-19(30)24(15,26)3)28(22,34)14-10-17(27(22,33)12-14)18-13-23(2)25(4,36-23)21(32)35-18/h5-6,14-18,20-21,31-34H,7-13H2,1-4H3. The van der Waals surface area contributed by atoms with Gasteiger partial charge in [0.1, 0.15) is 11.2 Å². The highest BCUT2D eigenvalue weighted by molar-refractivity contribution is 6.28. The molecule has 0 radical (unpaired) electrons. The summed E-state index contributed by atoms with van der Waals surface area (Å²) in [7, 11) is 0. The summed E-state index contributed by atoms with van der Waals surface area (Å²) in [5.41, 5.74) is -5.42. The lowest BCUT2D eigenvalue weighted by atomic mass is 9.40. The molecule has 7 rings (SSSR count). The minimum absolute atomic E-state index is 0.0743. The average Bonchev–Trinajstić information content (AvgIpc) is 3.11. The summed E-state index contributed by atoms with van der Waals surface area (Å²) in [4.78, 5) is 12.3. The minimum atomic E-state index is -1.23. The van der Waals surface area contributed by atoms with Crippen molar-refractivity contribution in [3.05, 3.63) is 12.2 Å². The van der Waals surface area contributed by atoms with Gasteiger partial charge in [-0.05, 0) is 76.2 Å². The topological polar surface area (TPSA) is 120 Å². The number of hydrogen-bond donors (Lipinski definition) is 4. The van der Waals surface area contributed by atoms with Gasteiger partial charge in [-0.2, -0.15) is 0 Å². The third-order valence-corrected chi connectivity index (χ3v) is 14.0. The maximum Gasteiger partial charge on any atom is 0.186 e. The van der Waals surface area contributed by atoms with Crippen molar-refractivity contribution in [3.8, 4) is 0 Å². The zero-order chi connectivity index (χ0) is 25.9. The number of aliphatic hydroxyl groups is 4. The van der Waals surface area contributed by atoms with E-state index in [1.165, 1.54) is 0 Å². The molecule has 8 heteroatoms. The van der Waals surface area contributed by atoms with Gasteiger partial charge in [0, 0.05) is 17.8 Å². The van der Waals surface area contributed by atoms with Crippen LogP contribution >= 0.6 is 11.6 Å². The number of alkyl halides is 1. The van der Waals surface area contributed by atoms with Crippen molar-refractivity contribution in [1.82, 2.24) is 0 Å². The van der Waals surface area contributed by atoms with E-state index in [1.54, 1.807) is 12.2 Å². The summed E-state index contributed by atoms with van der Waals surface area (Å²) in [5.74, 6) is -1.03. The normalized spacial score (nSPS) is 67.0. The number of rotatable bonds is 1. The highest BCUT2D eigenvalue weighted by Gasteiger charge is 2.83. The smallest absolute Gasteiger partial charge is 0.186 e. The zero-order valence-electron chi connectivity index (χ0n) is 21.5. The van der Waals surface area contributed by atoms with Crippen molar-refractivity contribution in [2.24, 2.45) is 34.5 Å². The van der Waals surface area contributed by atoms with E-state index in [0.717, 1.165) is 0 Å². The molecular formula is C28H39ClO7. The lowest BCUT2D eigenvalue weighted by Crippen LogP contribution is -2.75. The molecule has 0 spiro atoms. The van der Waals surface area contributed by atoms with Gasteiger partial charge in [0.25, 0.3) is 0 Å². The second-order valence-electron chi connectivity index (χ2n) is 14.0. The third-order valence-electron chi connectivity index (χ3n) is 13.2. The minimum Gasteiger partial charge on any atom is -0.391 e. The van der Waals surface area contributed by atoms with Gasteiger partial charge >= 0.3 is 0 Å². The first-order valence-electron chi connectivity index (χ1n) is 13.7. The van der Waals surface area contributed by atoms with Gasteiger partial charge in [0.15, 0.2) is 12.1 Å². The Balaban J connectivity index is 1.26. The first-order valence-corrected chi connectivity index (χ1v) is 14.1. The summed E-state index contributed by atoms with van der Waals surface area (Å²) < 4.78 is 12.0. The van der Waals surface area contributed by atoms with Crippen LogP contribution in [-0.2, 0) is 14.3 Å². The van der Waals surface area contributed by atoms with Crippen LogP contribution in [0.1, 0.15) is 72.6 Å². The van der Waals surface area contributed by atoms with Gasteiger partial charge < -0.3 is 29.9 Å². The van der Waals surface area contributed by atoms with Crippen molar-refractivity contribution in [3.63, 3.8) is 0 Å². The molecule has 5 aliphatic carbocycles. The maximum absolute atomic E-state index is 13.4. The van der Waals surface area contributed by atoms with Crippen LogP contribution in [0.5, 0.6) is 0 Å². The number of carbonyl (C=O) groups is 1. The van der Waals surface area contributed by atoms with Crippen LogP contribution in [0, 0.1) is 34.5 Å². The zero-order valence-corrected chi connectivity index (χ0v) is 22.3. The Hall–Kier alpha value is -0.540. The first-order chi connectivity index (χ1) is 16.6. The van der Waals surface area contributed by atoms with E-state index < -0.39 is 50.5 Å². The molecule has 14 unspecified atom stereocenters. The largest absolute Gasteiger partial charge is 0.391 e. The average molecular weight is 523 g/mol. The van der Waals surface area contributed by atoms with Gasteiger partial charge in [-0.1, -0.05) is 19.9 Å². The fraction of sp³-hybridized carbons (Fsp3) is 0.893. The number of aliphatic hydroxyl groups excluding tert-OH is 2. The van der Waals surface area contributed by atoms with Crippen molar-refractivity contribution < 1.29 is 34.7 Å². The summed E-state index contributed by atoms with van der Waals surface area (Å²) in [6, 6.07) is 0. The first kappa shape index (κ1) is 24.5. The number of fused-ring (bicyclic) bond motifs is 10. The molecule has 0 amide bonds. The van der Waals surface area contributed by atoms with Crippen molar-refractivity contribution in [1.29, 1.82) is 0 Å². The van der Waals surface area contributed by atoms with Crippen LogP contribution in [0.25, 0.3) is 0 Å². The molecule has 36 heavy (non-hydrogen) atoms. The summed E-state index contributed by atoms with van der Waals surface area (Å²) in [6.45, 7) is 7.73. The molecule has 0 aromatic heterocycles. The Morgan fingerprint density at radius 1 is 1.03 bits per heavy atom. The van der Waals surface area contributed by atoms with E-state index >= 15 is 0 Å². The molecule has 2 heterocycles. The molecule has 14 atom stereocenters. The SMILES string of the molecule is CC12CC(C3CC4CC3(O)C3(C)CCC5C(CC(O)C6(Cl)CC=CC(=O)C56C)C43O)OC(O)C1(C)O2. The van der Waals surface area contributed by atoms with E-state index in [2.05, 4.69) is 0 Å². The summed E-state index contributed by atoms with van der Waals surface area (Å²) >= 11 is 7.09. The van der Waals surface area contributed by atoms with Crippen LogP contribution in [0.3, 0.4) is 0 Å². The Morgan fingerprint density at radius 2 is 1.75 bits per heavy atom. The number of carbonyl (C=O) groups excluding carboxylic acids is 1. The van der Waals surface area contributed by atoms with Gasteiger partial charge in [0.2, 0.25) is 0 Å². The molecular weight excluding hydrogens is 484 g/mol. The Kier molecular flexibility index (Phi) is 4.49. The predicted molar refractivity (Wildman–Crippen MR) is 130 cm³/mol. The van der Waals surface area contributed by atoms with Crippen molar-refractivity contribution >= 4 is 17.4 Å². The Morgan fingerprint density at radius 3 is 2.44 bits per heavy atom. The van der Waals surface area contributed by atoms with Crippen molar-refractivity contribution in [2.45, 2.75) is 118 Å². The molecule has 4 N–H and O–H groups in total. The molecule has 2 aliphatic heterocycles. The van der Waals surface area contributed by atoms with Crippen LogP contribution in [0.2, 0.25) is 0 Å². The molecule has 200 valence electrons. The van der Waals surface area contributed by atoms with E-state index in [-0.39, 0.29) is 35.6 Å². The lowest BCUT2D eigenvalue weighted by molar-refractivity contribution is -0.290. The van der Waals surface area contributed by atoms with Crippen LogP contribution in [-0.4, -0.2) is 72.0 Å². The number of epoxide rings is 1.